The van der Waals surface area contributed by atoms with Gasteiger partial charge in [-0.1, -0.05) is 23.2 Å². The third kappa shape index (κ3) is 2.08. The zero-order valence-corrected chi connectivity index (χ0v) is 9.13. The highest BCUT2D eigenvalue weighted by Gasteiger charge is 2.15. The molecule has 0 aliphatic rings. The number of nitrogens with zero attached hydrogens (tertiary/aromatic N) is 2. The van der Waals surface area contributed by atoms with Crippen molar-refractivity contribution in [2.75, 3.05) is 19.0 Å². The van der Waals surface area contributed by atoms with Crippen molar-refractivity contribution in [1.82, 2.24) is 0 Å². The third-order valence-corrected chi connectivity index (χ3v) is 2.24. The zero-order chi connectivity index (χ0) is 10.9. The minimum absolute atomic E-state index is 0.106. The average molecular weight is 235 g/mol. The minimum atomic E-state index is -0.531. The number of non-ortho nitro benzene ring substituents is 1. The fourth-order valence-electron chi connectivity index (χ4n) is 1.08. The highest BCUT2D eigenvalue weighted by molar-refractivity contribution is 6.39. The second-order valence-corrected chi connectivity index (χ2v) is 3.72. The van der Waals surface area contributed by atoms with Crippen molar-refractivity contribution in [2.24, 2.45) is 0 Å². The van der Waals surface area contributed by atoms with Crippen LogP contribution in [0.15, 0.2) is 12.1 Å². The third-order valence-electron chi connectivity index (χ3n) is 1.66. The first-order valence-corrected chi connectivity index (χ1v) is 4.50. The lowest BCUT2D eigenvalue weighted by Crippen LogP contribution is -2.10. The molecule has 0 bridgehead atoms. The molecule has 6 heteroatoms. The Morgan fingerprint density at radius 2 is 1.71 bits per heavy atom. The van der Waals surface area contributed by atoms with Crippen LogP contribution >= 0.6 is 23.2 Å². The summed E-state index contributed by atoms with van der Waals surface area (Å²) >= 11 is 11.7. The normalized spacial score (nSPS) is 10.0. The van der Waals surface area contributed by atoms with Crippen molar-refractivity contribution in [2.45, 2.75) is 0 Å². The Balaban J connectivity index is 3.32. The number of hydrogen-bond acceptors (Lipinski definition) is 3. The molecule has 1 aromatic rings. The van der Waals surface area contributed by atoms with E-state index in [4.69, 9.17) is 23.2 Å². The molecule has 1 rings (SSSR count). The fraction of sp³-hybridized carbons (Fsp3) is 0.250. The molecule has 0 radical (unpaired) electrons. The number of hydrogen-bond donors (Lipinski definition) is 0. The molecule has 1 aromatic carbocycles. The van der Waals surface area contributed by atoms with Gasteiger partial charge in [0.05, 0.1) is 20.7 Å². The first-order valence-electron chi connectivity index (χ1n) is 3.74. The van der Waals surface area contributed by atoms with Gasteiger partial charge in [-0.05, 0) is 0 Å². The Hall–Kier alpha value is -1.00. The molecule has 0 aliphatic heterocycles. The van der Waals surface area contributed by atoms with Crippen molar-refractivity contribution in [3.05, 3.63) is 32.3 Å². The van der Waals surface area contributed by atoms with Crippen molar-refractivity contribution in [3.8, 4) is 0 Å². The van der Waals surface area contributed by atoms with Gasteiger partial charge in [-0.3, -0.25) is 10.1 Å². The predicted molar refractivity (Wildman–Crippen MR) is 57.4 cm³/mol. The van der Waals surface area contributed by atoms with Gasteiger partial charge in [0.1, 0.15) is 0 Å². The van der Waals surface area contributed by atoms with Crippen LogP contribution in [-0.4, -0.2) is 19.0 Å². The van der Waals surface area contributed by atoms with Crippen LogP contribution in [0.25, 0.3) is 0 Å². The van der Waals surface area contributed by atoms with E-state index >= 15 is 0 Å². The van der Waals surface area contributed by atoms with Crippen LogP contribution in [0.5, 0.6) is 0 Å². The van der Waals surface area contributed by atoms with Gasteiger partial charge in [-0.15, -0.1) is 0 Å². The quantitative estimate of drug-likeness (QED) is 0.584. The molecule has 0 amide bonds. The van der Waals surface area contributed by atoms with Crippen LogP contribution < -0.4 is 4.90 Å². The van der Waals surface area contributed by atoms with Crippen LogP contribution in [0.2, 0.25) is 10.0 Å². The van der Waals surface area contributed by atoms with Crippen LogP contribution in [0.4, 0.5) is 11.4 Å². The fourth-order valence-corrected chi connectivity index (χ4v) is 1.90. The summed E-state index contributed by atoms with van der Waals surface area (Å²) in [6.07, 6.45) is 0. The molecule has 0 heterocycles. The molecule has 0 unspecified atom stereocenters. The Morgan fingerprint density at radius 3 is 2.00 bits per heavy atom. The van der Waals surface area contributed by atoms with Crippen LogP contribution in [0, 0.1) is 10.1 Å². The number of benzene rings is 1. The van der Waals surface area contributed by atoms with Gasteiger partial charge < -0.3 is 4.90 Å². The van der Waals surface area contributed by atoms with Crippen molar-refractivity contribution >= 4 is 34.6 Å². The lowest BCUT2D eigenvalue weighted by molar-refractivity contribution is -0.384. The smallest absolute Gasteiger partial charge is 0.272 e. The monoisotopic (exact) mass is 234 g/mol. The molecule has 76 valence electrons. The maximum Gasteiger partial charge on any atom is 0.272 e. The second kappa shape index (κ2) is 4.02. The highest BCUT2D eigenvalue weighted by atomic mass is 35.5. The molecule has 0 spiro atoms. The van der Waals surface area contributed by atoms with Gasteiger partial charge in [-0.2, -0.15) is 0 Å². The first-order chi connectivity index (χ1) is 6.43. The van der Waals surface area contributed by atoms with E-state index in [1.165, 1.54) is 12.1 Å². The van der Waals surface area contributed by atoms with Crippen LogP contribution in [-0.2, 0) is 0 Å². The molecule has 0 saturated carbocycles. The van der Waals surface area contributed by atoms with E-state index in [-0.39, 0.29) is 15.7 Å². The number of halogens is 2. The number of rotatable bonds is 2. The summed E-state index contributed by atoms with van der Waals surface area (Å²) in [6.45, 7) is 0. The topological polar surface area (TPSA) is 46.4 Å². The summed E-state index contributed by atoms with van der Waals surface area (Å²) in [5, 5.41) is 11.0. The lowest BCUT2D eigenvalue weighted by Gasteiger charge is -2.15. The summed E-state index contributed by atoms with van der Waals surface area (Å²) in [7, 11) is 3.53. The highest BCUT2D eigenvalue weighted by Crippen LogP contribution is 2.36. The summed E-state index contributed by atoms with van der Waals surface area (Å²) in [5.74, 6) is 0. The number of nitro benzene ring substituents is 1. The SMILES string of the molecule is CN(C)c1c(Cl)cc([N+](=O)[O-])cc1Cl. The Labute approximate surface area is 91.2 Å². The van der Waals surface area contributed by atoms with Crippen molar-refractivity contribution in [3.63, 3.8) is 0 Å². The summed E-state index contributed by atoms with van der Waals surface area (Å²) in [5.41, 5.74) is 0.476. The molecule has 0 aliphatic carbocycles. The maximum atomic E-state index is 10.5. The number of anilines is 1. The molecule has 14 heavy (non-hydrogen) atoms. The Morgan fingerprint density at radius 1 is 1.29 bits per heavy atom. The molecule has 0 saturated heterocycles. The summed E-state index contributed by atoms with van der Waals surface area (Å²) < 4.78 is 0. The lowest BCUT2D eigenvalue weighted by atomic mass is 10.2. The largest absolute Gasteiger partial charge is 0.375 e. The Bertz CT molecular complexity index is 357. The predicted octanol–water partition coefficient (Wildman–Crippen LogP) is 2.97. The van der Waals surface area contributed by atoms with E-state index in [9.17, 15) is 10.1 Å². The van der Waals surface area contributed by atoms with E-state index in [1.54, 1.807) is 19.0 Å². The minimum Gasteiger partial charge on any atom is -0.375 e. The van der Waals surface area contributed by atoms with E-state index in [0.717, 1.165) is 0 Å². The standard InChI is InChI=1S/C8H8Cl2N2O2/c1-11(2)8-6(9)3-5(12(13)14)4-7(8)10/h3-4H,1-2H3. The molecule has 0 N–H and O–H groups in total. The van der Waals surface area contributed by atoms with Crippen molar-refractivity contribution < 1.29 is 4.92 Å². The van der Waals surface area contributed by atoms with E-state index in [1.807, 2.05) is 0 Å². The van der Waals surface area contributed by atoms with Crippen LogP contribution in [0.3, 0.4) is 0 Å². The van der Waals surface area contributed by atoms with Gasteiger partial charge in [0.2, 0.25) is 0 Å². The van der Waals surface area contributed by atoms with Gasteiger partial charge >= 0.3 is 0 Å². The number of nitro groups is 1. The molecule has 0 atom stereocenters. The summed E-state index contributed by atoms with van der Waals surface area (Å²) in [4.78, 5) is 11.6. The molecular formula is C8H8Cl2N2O2. The van der Waals surface area contributed by atoms with Crippen molar-refractivity contribution in [1.29, 1.82) is 0 Å². The van der Waals surface area contributed by atoms with E-state index < -0.39 is 4.92 Å². The molecule has 0 fully saturated rings. The molecule has 4 nitrogen and oxygen atoms in total. The zero-order valence-electron chi connectivity index (χ0n) is 7.62. The second-order valence-electron chi connectivity index (χ2n) is 2.91. The van der Waals surface area contributed by atoms with Gasteiger partial charge in [-0.25, -0.2) is 0 Å². The van der Waals surface area contributed by atoms with Gasteiger partial charge in [0.25, 0.3) is 5.69 Å². The molecular weight excluding hydrogens is 227 g/mol. The average Bonchev–Trinajstić information content (AvgIpc) is 2.01. The van der Waals surface area contributed by atoms with E-state index in [0.29, 0.717) is 5.69 Å². The van der Waals surface area contributed by atoms with E-state index in [2.05, 4.69) is 0 Å². The Kier molecular flexibility index (Phi) is 3.18. The summed E-state index contributed by atoms with van der Waals surface area (Å²) in [6, 6.07) is 2.56. The first kappa shape index (κ1) is 11.1. The molecule has 0 aromatic heterocycles. The van der Waals surface area contributed by atoms with Gasteiger partial charge in [0.15, 0.2) is 0 Å². The maximum absolute atomic E-state index is 10.5. The van der Waals surface area contributed by atoms with Crippen LogP contribution in [0.1, 0.15) is 0 Å². The van der Waals surface area contributed by atoms with Gasteiger partial charge in [0, 0.05) is 26.2 Å².